The van der Waals surface area contributed by atoms with E-state index in [1.54, 1.807) is 31.1 Å². The molecule has 1 spiro atoms. The average Bonchev–Trinajstić information content (AvgIpc) is 3.11. The van der Waals surface area contributed by atoms with Crippen molar-refractivity contribution in [2.24, 2.45) is 7.05 Å². The van der Waals surface area contributed by atoms with Gasteiger partial charge >= 0.3 is 0 Å². The molecular formula is C16H24N4O3. The summed E-state index contributed by atoms with van der Waals surface area (Å²) in [4.78, 5) is 28.6. The number of nitrogens with zero attached hydrogens (tertiary/aromatic N) is 4. The van der Waals surface area contributed by atoms with E-state index in [9.17, 15) is 9.59 Å². The molecule has 7 heteroatoms. The van der Waals surface area contributed by atoms with Crippen LogP contribution in [-0.4, -0.2) is 70.3 Å². The summed E-state index contributed by atoms with van der Waals surface area (Å²) < 4.78 is 6.75. The Hall–Kier alpha value is -1.89. The Morgan fingerprint density at radius 3 is 2.70 bits per heavy atom. The van der Waals surface area contributed by atoms with Crippen LogP contribution in [0.1, 0.15) is 36.2 Å². The topological polar surface area (TPSA) is 67.7 Å². The molecule has 0 bridgehead atoms. The summed E-state index contributed by atoms with van der Waals surface area (Å²) in [5.41, 5.74) is 0.526. The Bertz CT molecular complexity index is 590. The highest BCUT2D eigenvalue weighted by atomic mass is 16.5. The number of hydrogen-bond donors (Lipinski definition) is 0. The first-order valence-electron chi connectivity index (χ1n) is 8.14. The first-order valence-corrected chi connectivity index (χ1v) is 8.14. The predicted octanol–water partition coefficient (Wildman–Crippen LogP) is 0.664. The molecule has 1 aromatic heterocycles. The van der Waals surface area contributed by atoms with E-state index < -0.39 is 0 Å². The Morgan fingerprint density at radius 1 is 1.35 bits per heavy atom. The van der Waals surface area contributed by atoms with E-state index in [1.807, 2.05) is 9.80 Å². The van der Waals surface area contributed by atoms with E-state index in [2.05, 4.69) is 5.10 Å². The SMILES string of the molecule is COCCN1C(=O)CCC12CCN(C(=O)c1ccnn1C)CC2. The Kier molecular flexibility index (Phi) is 4.39. The van der Waals surface area contributed by atoms with Crippen LogP contribution in [0.5, 0.6) is 0 Å². The van der Waals surface area contributed by atoms with Gasteiger partial charge < -0.3 is 14.5 Å². The summed E-state index contributed by atoms with van der Waals surface area (Å²) in [6, 6.07) is 1.75. The molecule has 0 aromatic carbocycles. The lowest BCUT2D eigenvalue weighted by molar-refractivity contribution is -0.133. The standard InChI is InChI=1S/C16H24N4O3/c1-18-13(4-8-17-18)15(22)19-9-6-16(7-10-19)5-3-14(21)20(16)11-12-23-2/h4,8H,3,5-7,9-12H2,1-2H3. The maximum Gasteiger partial charge on any atom is 0.272 e. The molecule has 2 fully saturated rings. The van der Waals surface area contributed by atoms with Crippen LogP contribution in [0.25, 0.3) is 0 Å². The van der Waals surface area contributed by atoms with E-state index in [1.165, 1.54) is 0 Å². The molecule has 2 amide bonds. The smallest absolute Gasteiger partial charge is 0.272 e. The van der Waals surface area contributed by atoms with Crippen LogP contribution in [0.3, 0.4) is 0 Å². The molecule has 0 atom stereocenters. The van der Waals surface area contributed by atoms with E-state index in [0.29, 0.717) is 38.4 Å². The normalized spacial score (nSPS) is 20.5. The van der Waals surface area contributed by atoms with Gasteiger partial charge in [-0.05, 0) is 25.3 Å². The van der Waals surface area contributed by atoms with Crippen LogP contribution >= 0.6 is 0 Å². The van der Waals surface area contributed by atoms with Crippen LogP contribution in [0, 0.1) is 0 Å². The van der Waals surface area contributed by atoms with Gasteiger partial charge in [-0.2, -0.15) is 5.10 Å². The van der Waals surface area contributed by atoms with Gasteiger partial charge in [-0.25, -0.2) is 0 Å². The number of likely N-dealkylation sites (tertiary alicyclic amines) is 2. The van der Waals surface area contributed by atoms with E-state index in [4.69, 9.17) is 4.74 Å². The molecule has 0 N–H and O–H groups in total. The van der Waals surface area contributed by atoms with E-state index in [-0.39, 0.29) is 17.4 Å². The number of aromatic nitrogens is 2. The molecule has 0 unspecified atom stereocenters. The fraction of sp³-hybridized carbons (Fsp3) is 0.688. The summed E-state index contributed by atoms with van der Waals surface area (Å²) in [7, 11) is 3.43. The van der Waals surface area contributed by atoms with E-state index >= 15 is 0 Å². The summed E-state index contributed by atoms with van der Waals surface area (Å²) in [5, 5.41) is 4.06. The fourth-order valence-electron chi connectivity index (χ4n) is 3.81. The lowest BCUT2D eigenvalue weighted by Crippen LogP contribution is -2.55. The number of aryl methyl sites for hydroxylation is 1. The highest BCUT2D eigenvalue weighted by Gasteiger charge is 2.47. The first-order chi connectivity index (χ1) is 11.1. The van der Waals surface area contributed by atoms with Crippen LogP contribution in [0.15, 0.2) is 12.3 Å². The average molecular weight is 320 g/mol. The summed E-state index contributed by atoms with van der Waals surface area (Å²) in [6.07, 6.45) is 4.82. The Balaban J connectivity index is 1.66. The second kappa shape index (κ2) is 6.31. The third-order valence-electron chi connectivity index (χ3n) is 5.22. The zero-order valence-corrected chi connectivity index (χ0v) is 13.8. The van der Waals surface area contributed by atoms with Gasteiger partial charge in [0.15, 0.2) is 0 Å². The predicted molar refractivity (Wildman–Crippen MR) is 83.9 cm³/mol. The zero-order chi connectivity index (χ0) is 16.4. The van der Waals surface area contributed by atoms with Gasteiger partial charge in [-0.1, -0.05) is 0 Å². The molecule has 3 heterocycles. The lowest BCUT2D eigenvalue weighted by Gasteiger charge is -2.45. The van der Waals surface area contributed by atoms with Crippen molar-refractivity contribution in [1.29, 1.82) is 0 Å². The van der Waals surface area contributed by atoms with Crippen LogP contribution in [0.2, 0.25) is 0 Å². The van der Waals surface area contributed by atoms with Crippen molar-refractivity contribution in [3.63, 3.8) is 0 Å². The largest absolute Gasteiger partial charge is 0.383 e. The molecule has 126 valence electrons. The number of carbonyl (C=O) groups is 2. The summed E-state index contributed by atoms with van der Waals surface area (Å²) in [6.45, 7) is 2.57. The molecule has 0 aliphatic carbocycles. The number of ether oxygens (including phenoxy) is 1. The molecule has 2 aliphatic rings. The van der Waals surface area contributed by atoms with Crippen LogP contribution in [0.4, 0.5) is 0 Å². The molecule has 7 nitrogen and oxygen atoms in total. The van der Waals surface area contributed by atoms with Gasteiger partial charge in [0.05, 0.1) is 6.61 Å². The van der Waals surface area contributed by atoms with Gasteiger partial charge in [-0.15, -0.1) is 0 Å². The molecule has 1 aromatic rings. The molecule has 2 saturated heterocycles. The minimum atomic E-state index is -0.0845. The van der Waals surface area contributed by atoms with Gasteiger partial charge in [0, 0.05) is 51.9 Å². The third-order valence-corrected chi connectivity index (χ3v) is 5.22. The fourth-order valence-corrected chi connectivity index (χ4v) is 3.81. The first kappa shape index (κ1) is 16.0. The number of rotatable bonds is 4. The Labute approximate surface area is 136 Å². The van der Waals surface area contributed by atoms with Crippen molar-refractivity contribution < 1.29 is 14.3 Å². The quantitative estimate of drug-likeness (QED) is 0.817. The lowest BCUT2D eigenvalue weighted by atomic mass is 9.85. The monoisotopic (exact) mass is 320 g/mol. The highest BCUT2D eigenvalue weighted by molar-refractivity contribution is 5.92. The van der Waals surface area contributed by atoms with Gasteiger partial charge in [0.25, 0.3) is 5.91 Å². The number of methoxy groups -OCH3 is 1. The Morgan fingerprint density at radius 2 is 2.09 bits per heavy atom. The van der Waals surface area contributed by atoms with Crippen molar-refractivity contribution in [2.45, 2.75) is 31.2 Å². The summed E-state index contributed by atoms with van der Waals surface area (Å²) in [5.74, 6) is 0.237. The molecule has 3 rings (SSSR count). The highest BCUT2D eigenvalue weighted by Crippen LogP contribution is 2.39. The second-order valence-electron chi connectivity index (χ2n) is 6.39. The summed E-state index contributed by atoms with van der Waals surface area (Å²) >= 11 is 0. The number of piperidine rings is 1. The zero-order valence-electron chi connectivity index (χ0n) is 13.8. The minimum Gasteiger partial charge on any atom is -0.383 e. The van der Waals surface area contributed by atoms with Crippen molar-refractivity contribution >= 4 is 11.8 Å². The number of hydrogen-bond acceptors (Lipinski definition) is 4. The maximum absolute atomic E-state index is 12.6. The van der Waals surface area contributed by atoms with Gasteiger partial charge in [-0.3, -0.25) is 14.3 Å². The van der Waals surface area contributed by atoms with Crippen LogP contribution < -0.4 is 0 Å². The van der Waals surface area contributed by atoms with Crippen molar-refractivity contribution in [1.82, 2.24) is 19.6 Å². The molecule has 2 aliphatic heterocycles. The van der Waals surface area contributed by atoms with Crippen LogP contribution in [-0.2, 0) is 16.6 Å². The van der Waals surface area contributed by atoms with Gasteiger partial charge in [0.2, 0.25) is 5.91 Å². The van der Waals surface area contributed by atoms with E-state index in [0.717, 1.165) is 19.3 Å². The second-order valence-corrected chi connectivity index (χ2v) is 6.39. The molecule has 23 heavy (non-hydrogen) atoms. The molecular weight excluding hydrogens is 296 g/mol. The minimum absolute atomic E-state index is 0.0209. The number of amides is 2. The maximum atomic E-state index is 12.6. The third kappa shape index (κ3) is 2.85. The van der Waals surface area contributed by atoms with Crippen molar-refractivity contribution in [3.8, 4) is 0 Å². The molecule has 0 radical (unpaired) electrons. The van der Waals surface area contributed by atoms with Gasteiger partial charge in [0.1, 0.15) is 5.69 Å². The van der Waals surface area contributed by atoms with Crippen molar-refractivity contribution in [2.75, 3.05) is 33.4 Å². The molecule has 0 saturated carbocycles. The number of carbonyl (C=O) groups excluding carboxylic acids is 2. The van der Waals surface area contributed by atoms with Crippen molar-refractivity contribution in [3.05, 3.63) is 18.0 Å².